The molecule has 5 rings (SSSR count). The predicted octanol–water partition coefficient (Wildman–Crippen LogP) is 2.03. The lowest BCUT2D eigenvalue weighted by atomic mass is 10.1. The minimum Gasteiger partial charge on any atom is -0.472 e. The molecule has 1 aromatic carbocycles. The summed E-state index contributed by atoms with van der Waals surface area (Å²) in [5.74, 6) is -1.65. The number of hydrogen-bond acceptors (Lipinski definition) is 7. The van der Waals surface area contributed by atoms with E-state index in [0.717, 1.165) is 15.2 Å². The first-order chi connectivity index (χ1) is 17.5. The molecule has 0 spiro atoms. The standard InChI is InChI=1S/C25H27BrN4O6S/c1-3-16-12-25(16,24(33)29-37(34,35)19-6-7-19)28-22(32)21-11-18(13-30(21)14(2)31)36-23-20-10-17(26)5-4-15(20)8-9-27-23/h3-5,8-10,16,18-19,21H,1,6-7,11-13H2,2H3,(H,28,32)(H,29,33)/t16-,18-,21+,25-/m1/s1. The number of fused-ring (bicyclic) bond motifs is 1. The van der Waals surface area contributed by atoms with Crippen molar-refractivity contribution in [1.82, 2.24) is 19.9 Å². The average molecular weight is 591 g/mol. The summed E-state index contributed by atoms with van der Waals surface area (Å²) in [4.78, 5) is 44.6. The molecule has 1 aromatic heterocycles. The third-order valence-electron chi connectivity index (χ3n) is 7.19. The fourth-order valence-corrected chi connectivity index (χ4v) is 6.59. The number of pyridine rings is 1. The number of hydrogen-bond donors (Lipinski definition) is 2. The first kappa shape index (κ1) is 25.7. The molecule has 4 atom stereocenters. The number of halogens is 1. The Hall–Kier alpha value is -2.99. The second kappa shape index (κ2) is 9.39. The van der Waals surface area contributed by atoms with Gasteiger partial charge in [0.15, 0.2) is 0 Å². The number of nitrogens with one attached hydrogen (secondary N) is 2. The van der Waals surface area contributed by atoms with Crippen LogP contribution in [0.5, 0.6) is 5.88 Å². The van der Waals surface area contributed by atoms with E-state index in [2.05, 4.69) is 37.5 Å². The van der Waals surface area contributed by atoms with Crippen molar-refractivity contribution in [3.63, 3.8) is 0 Å². The Morgan fingerprint density at radius 2 is 2.03 bits per heavy atom. The minimum absolute atomic E-state index is 0.166. The molecule has 2 aliphatic carbocycles. The van der Waals surface area contributed by atoms with Gasteiger partial charge in [0.25, 0.3) is 5.91 Å². The van der Waals surface area contributed by atoms with E-state index in [1.165, 1.54) is 17.9 Å². The molecule has 3 amide bonds. The van der Waals surface area contributed by atoms with E-state index in [4.69, 9.17) is 4.74 Å². The third kappa shape index (κ3) is 4.96. The van der Waals surface area contributed by atoms with Crippen molar-refractivity contribution in [2.75, 3.05) is 6.54 Å². The molecule has 2 N–H and O–H groups in total. The molecule has 3 aliphatic rings. The maximum atomic E-state index is 13.4. The van der Waals surface area contributed by atoms with Gasteiger partial charge >= 0.3 is 0 Å². The Kier molecular flexibility index (Phi) is 6.51. The van der Waals surface area contributed by atoms with Crippen LogP contribution in [0.1, 0.15) is 32.6 Å². The summed E-state index contributed by atoms with van der Waals surface area (Å²) >= 11 is 3.46. The van der Waals surface area contributed by atoms with Crippen LogP contribution in [0.3, 0.4) is 0 Å². The summed E-state index contributed by atoms with van der Waals surface area (Å²) in [6.07, 6.45) is 4.08. The van der Waals surface area contributed by atoms with Crippen LogP contribution in [0.2, 0.25) is 0 Å². The maximum absolute atomic E-state index is 13.4. The van der Waals surface area contributed by atoms with Gasteiger partial charge in [-0.1, -0.05) is 28.1 Å². The van der Waals surface area contributed by atoms with Crippen molar-refractivity contribution in [2.45, 2.75) is 55.5 Å². The molecule has 10 nitrogen and oxygen atoms in total. The lowest BCUT2D eigenvalue weighted by Gasteiger charge is -2.25. The minimum atomic E-state index is -3.78. The number of likely N-dealkylation sites (tertiary alicyclic amines) is 1. The highest BCUT2D eigenvalue weighted by molar-refractivity contribution is 9.10. The van der Waals surface area contributed by atoms with Crippen molar-refractivity contribution >= 4 is 54.4 Å². The Morgan fingerprint density at radius 3 is 2.68 bits per heavy atom. The molecular formula is C25H27BrN4O6S. The Bertz CT molecular complexity index is 1410. The van der Waals surface area contributed by atoms with Gasteiger partial charge < -0.3 is 15.0 Å². The molecule has 196 valence electrons. The van der Waals surface area contributed by atoms with Gasteiger partial charge in [0.1, 0.15) is 17.7 Å². The number of rotatable bonds is 8. The van der Waals surface area contributed by atoms with Crippen molar-refractivity contribution in [3.05, 3.63) is 47.6 Å². The van der Waals surface area contributed by atoms with Crippen LogP contribution in [0.25, 0.3) is 10.8 Å². The fourth-order valence-electron chi connectivity index (χ4n) is 4.86. The summed E-state index contributed by atoms with van der Waals surface area (Å²) in [5.41, 5.74) is -1.41. The lowest BCUT2D eigenvalue weighted by molar-refractivity contribution is -0.138. The molecule has 0 bridgehead atoms. The molecule has 3 fully saturated rings. The van der Waals surface area contributed by atoms with Crippen molar-refractivity contribution < 1.29 is 27.5 Å². The number of carbonyl (C=O) groups is 3. The fraction of sp³-hybridized carbons (Fsp3) is 0.440. The zero-order valence-electron chi connectivity index (χ0n) is 20.1. The zero-order valence-corrected chi connectivity index (χ0v) is 22.5. The summed E-state index contributed by atoms with van der Waals surface area (Å²) in [6, 6.07) is 6.71. The zero-order chi connectivity index (χ0) is 26.5. The van der Waals surface area contributed by atoms with E-state index in [0.29, 0.717) is 18.7 Å². The van der Waals surface area contributed by atoms with E-state index < -0.39 is 50.7 Å². The van der Waals surface area contributed by atoms with Gasteiger partial charge in [0, 0.05) is 35.3 Å². The lowest BCUT2D eigenvalue weighted by Crippen LogP contribution is -2.56. The van der Waals surface area contributed by atoms with E-state index in [-0.39, 0.29) is 25.3 Å². The van der Waals surface area contributed by atoms with Gasteiger partial charge in [-0.25, -0.2) is 13.4 Å². The smallest absolute Gasteiger partial charge is 0.259 e. The van der Waals surface area contributed by atoms with E-state index in [9.17, 15) is 22.8 Å². The highest BCUT2D eigenvalue weighted by Gasteiger charge is 2.61. The van der Waals surface area contributed by atoms with Gasteiger partial charge in [-0.05, 0) is 42.8 Å². The molecular weight excluding hydrogens is 564 g/mol. The summed E-state index contributed by atoms with van der Waals surface area (Å²) in [7, 11) is -3.78. The van der Waals surface area contributed by atoms with Crippen LogP contribution in [0.15, 0.2) is 47.6 Å². The average Bonchev–Trinajstić information content (AvgIpc) is 3.76. The van der Waals surface area contributed by atoms with Gasteiger partial charge in [-0.15, -0.1) is 6.58 Å². The number of nitrogens with zero attached hydrogens (tertiary/aromatic N) is 2. The summed E-state index contributed by atoms with van der Waals surface area (Å²) in [5, 5.41) is 3.89. The molecule has 2 saturated carbocycles. The predicted molar refractivity (Wildman–Crippen MR) is 139 cm³/mol. The van der Waals surface area contributed by atoms with Gasteiger partial charge in [0.2, 0.25) is 27.7 Å². The molecule has 37 heavy (non-hydrogen) atoms. The van der Waals surface area contributed by atoms with Crippen LogP contribution in [0.4, 0.5) is 0 Å². The van der Waals surface area contributed by atoms with Crippen LogP contribution < -0.4 is 14.8 Å². The Balaban J connectivity index is 1.33. The monoisotopic (exact) mass is 590 g/mol. The number of aromatic nitrogens is 1. The third-order valence-corrected chi connectivity index (χ3v) is 9.50. The molecule has 12 heteroatoms. The van der Waals surface area contributed by atoms with Crippen molar-refractivity contribution in [2.24, 2.45) is 5.92 Å². The first-order valence-corrected chi connectivity index (χ1v) is 14.4. The topological polar surface area (TPSA) is 135 Å². The maximum Gasteiger partial charge on any atom is 0.259 e. The molecule has 0 radical (unpaired) electrons. The van der Waals surface area contributed by atoms with Crippen LogP contribution in [-0.2, 0) is 24.4 Å². The number of benzene rings is 1. The van der Waals surface area contributed by atoms with Crippen LogP contribution in [0, 0.1) is 5.92 Å². The van der Waals surface area contributed by atoms with E-state index in [1.807, 2.05) is 24.3 Å². The molecule has 2 aromatic rings. The van der Waals surface area contributed by atoms with E-state index in [1.54, 1.807) is 6.20 Å². The largest absolute Gasteiger partial charge is 0.472 e. The number of sulfonamides is 1. The molecule has 2 heterocycles. The number of ether oxygens (including phenoxy) is 1. The first-order valence-electron chi connectivity index (χ1n) is 12.0. The van der Waals surface area contributed by atoms with Gasteiger partial charge in [0.05, 0.1) is 11.8 Å². The van der Waals surface area contributed by atoms with Crippen LogP contribution >= 0.6 is 15.9 Å². The number of carbonyl (C=O) groups excluding carboxylic acids is 3. The van der Waals surface area contributed by atoms with E-state index >= 15 is 0 Å². The Morgan fingerprint density at radius 1 is 1.27 bits per heavy atom. The van der Waals surface area contributed by atoms with Gasteiger partial charge in [-0.2, -0.15) is 0 Å². The second-order valence-corrected chi connectivity index (χ2v) is 12.7. The highest BCUT2D eigenvalue weighted by atomic mass is 79.9. The molecule has 1 aliphatic heterocycles. The van der Waals surface area contributed by atoms with Crippen LogP contribution in [-0.4, -0.2) is 65.5 Å². The van der Waals surface area contributed by atoms with Crippen molar-refractivity contribution in [3.8, 4) is 5.88 Å². The van der Waals surface area contributed by atoms with Crippen molar-refractivity contribution in [1.29, 1.82) is 0 Å². The summed E-state index contributed by atoms with van der Waals surface area (Å²) in [6.45, 7) is 5.24. The molecule has 0 unspecified atom stereocenters. The summed E-state index contributed by atoms with van der Waals surface area (Å²) < 4.78 is 33.8. The second-order valence-electron chi connectivity index (χ2n) is 9.83. The SMILES string of the molecule is C=C[C@@H]1C[C@]1(NC(=O)[C@@H]1C[C@@H](Oc2nccc3ccc(Br)cc23)CN1C(C)=O)C(=O)NS(=O)(=O)C1CC1. The normalized spacial score (nSPS) is 27.0. The molecule has 1 saturated heterocycles. The van der Waals surface area contributed by atoms with Gasteiger partial charge in [-0.3, -0.25) is 19.1 Å². The number of amides is 3. The quantitative estimate of drug-likeness (QED) is 0.449. The Labute approximate surface area is 223 Å². The highest BCUT2D eigenvalue weighted by Crippen LogP contribution is 2.45.